The molecule has 96 valence electrons. The molecular formula is C11H24N2O2S. The van der Waals surface area contributed by atoms with Gasteiger partial charge >= 0.3 is 0 Å². The molecule has 0 fully saturated rings. The van der Waals surface area contributed by atoms with E-state index in [9.17, 15) is 0 Å². The van der Waals surface area contributed by atoms with E-state index >= 15 is 0 Å². The van der Waals surface area contributed by atoms with Gasteiger partial charge in [-0.15, -0.1) is 0 Å². The lowest BCUT2D eigenvalue weighted by atomic mass is 10.2. The quantitative estimate of drug-likeness (QED) is 0.498. The van der Waals surface area contributed by atoms with E-state index < -0.39 is 0 Å². The maximum atomic E-state index is 5.42. The number of hydrogen-bond donors (Lipinski definition) is 2. The molecule has 0 aliphatic rings. The normalized spacial score (nSPS) is 12.6. The molecule has 0 aliphatic carbocycles. The van der Waals surface area contributed by atoms with E-state index in [1.54, 1.807) is 7.11 Å². The van der Waals surface area contributed by atoms with E-state index in [1.807, 2.05) is 6.92 Å². The zero-order chi connectivity index (χ0) is 12.4. The lowest BCUT2D eigenvalue weighted by Crippen LogP contribution is -2.43. The van der Waals surface area contributed by atoms with Gasteiger partial charge in [-0.3, -0.25) is 0 Å². The van der Waals surface area contributed by atoms with Crippen molar-refractivity contribution in [2.24, 2.45) is 5.92 Å². The molecule has 16 heavy (non-hydrogen) atoms. The van der Waals surface area contributed by atoms with Crippen molar-refractivity contribution in [3.05, 3.63) is 0 Å². The smallest absolute Gasteiger partial charge is 0.166 e. The van der Waals surface area contributed by atoms with Gasteiger partial charge < -0.3 is 20.1 Å². The standard InChI is InChI=1S/C11H24N2O2S/c1-9(2)7-15-6-5-12-11(16)13-10(3)8-14-4/h9-10H,5-8H2,1-4H3,(H2,12,13,16). The summed E-state index contributed by atoms with van der Waals surface area (Å²) in [6, 6.07) is 0.224. The van der Waals surface area contributed by atoms with Gasteiger partial charge in [0, 0.05) is 26.3 Å². The van der Waals surface area contributed by atoms with Crippen molar-refractivity contribution in [1.82, 2.24) is 10.6 Å². The Morgan fingerprint density at radius 1 is 1.25 bits per heavy atom. The van der Waals surface area contributed by atoms with Crippen molar-refractivity contribution in [2.75, 3.05) is 33.5 Å². The Morgan fingerprint density at radius 2 is 1.94 bits per heavy atom. The molecule has 0 heterocycles. The minimum absolute atomic E-state index is 0.224. The molecule has 0 aromatic carbocycles. The first-order chi connectivity index (χ1) is 7.56. The molecule has 0 aromatic rings. The van der Waals surface area contributed by atoms with Crippen LogP contribution in [0.1, 0.15) is 20.8 Å². The van der Waals surface area contributed by atoms with Crippen LogP contribution < -0.4 is 10.6 Å². The molecule has 0 radical (unpaired) electrons. The van der Waals surface area contributed by atoms with Gasteiger partial charge in [-0.1, -0.05) is 13.8 Å². The molecule has 0 saturated heterocycles. The second kappa shape index (κ2) is 9.81. The number of nitrogens with one attached hydrogen (secondary N) is 2. The number of thiocarbonyl (C=S) groups is 1. The van der Waals surface area contributed by atoms with Crippen LogP contribution in [0.25, 0.3) is 0 Å². The van der Waals surface area contributed by atoms with Crippen LogP contribution in [0.3, 0.4) is 0 Å². The summed E-state index contributed by atoms with van der Waals surface area (Å²) in [5, 5.41) is 6.86. The van der Waals surface area contributed by atoms with E-state index in [4.69, 9.17) is 21.7 Å². The zero-order valence-electron chi connectivity index (χ0n) is 10.7. The number of ether oxygens (including phenoxy) is 2. The van der Waals surface area contributed by atoms with E-state index in [0.717, 1.165) is 13.2 Å². The van der Waals surface area contributed by atoms with Crippen LogP contribution in [-0.2, 0) is 9.47 Å². The third-order valence-electron chi connectivity index (χ3n) is 1.78. The Morgan fingerprint density at radius 3 is 2.50 bits per heavy atom. The van der Waals surface area contributed by atoms with Gasteiger partial charge in [-0.05, 0) is 25.1 Å². The molecule has 4 nitrogen and oxygen atoms in total. The van der Waals surface area contributed by atoms with Crippen LogP contribution >= 0.6 is 12.2 Å². The monoisotopic (exact) mass is 248 g/mol. The Hall–Kier alpha value is -0.390. The van der Waals surface area contributed by atoms with E-state index in [0.29, 0.717) is 24.2 Å². The molecule has 0 bridgehead atoms. The Balaban J connectivity index is 3.36. The third-order valence-corrected chi connectivity index (χ3v) is 2.04. The fourth-order valence-electron chi connectivity index (χ4n) is 1.12. The van der Waals surface area contributed by atoms with Crippen molar-refractivity contribution in [3.63, 3.8) is 0 Å². The second-order valence-electron chi connectivity index (χ2n) is 4.23. The minimum atomic E-state index is 0.224. The SMILES string of the molecule is COCC(C)NC(=S)NCCOCC(C)C. The predicted molar refractivity (Wildman–Crippen MR) is 70.7 cm³/mol. The largest absolute Gasteiger partial charge is 0.383 e. The second-order valence-corrected chi connectivity index (χ2v) is 4.63. The van der Waals surface area contributed by atoms with Gasteiger partial charge in [-0.25, -0.2) is 0 Å². The summed E-state index contributed by atoms with van der Waals surface area (Å²) in [6.45, 7) is 9.13. The van der Waals surface area contributed by atoms with Crippen molar-refractivity contribution in [2.45, 2.75) is 26.8 Å². The first-order valence-corrected chi connectivity index (χ1v) is 6.08. The molecule has 0 aromatic heterocycles. The highest BCUT2D eigenvalue weighted by molar-refractivity contribution is 7.80. The van der Waals surface area contributed by atoms with Gasteiger partial charge in [0.15, 0.2) is 5.11 Å². The van der Waals surface area contributed by atoms with Crippen molar-refractivity contribution in [3.8, 4) is 0 Å². The predicted octanol–water partition coefficient (Wildman–Crippen LogP) is 1.16. The van der Waals surface area contributed by atoms with E-state index in [-0.39, 0.29) is 6.04 Å². The Labute approximate surface area is 104 Å². The van der Waals surface area contributed by atoms with Crippen molar-refractivity contribution < 1.29 is 9.47 Å². The van der Waals surface area contributed by atoms with E-state index in [1.165, 1.54) is 0 Å². The number of hydrogen-bond acceptors (Lipinski definition) is 3. The highest BCUT2D eigenvalue weighted by Gasteiger charge is 2.02. The summed E-state index contributed by atoms with van der Waals surface area (Å²) in [5.41, 5.74) is 0. The van der Waals surface area contributed by atoms with Gasteiger partial charge in [-0.2, -0.15) is 0 Å². The molecule has 0 aliphatic heterocycles. The summed E-state index contributed by atoms with van der Waals surface area (Å²) >= 11 is 5.11. The van der Waals surface area contributed by atoms with Gasteiger partial charge in [0.05, 0.1) is 13.2 Å². The molecule has 1 atom stereocenters. The highest BCUT2D eigenvalue weighted by atomic mass is 32.1. The molecule has 0 saturated carbocycles. The third kappa shape index (κ3) is 10.1. The lowest BCUT2D eigenvalue weighted by Gasteiger charge is -2.16. The molecule has 5 heteroatoms. The minimum Gasteiger partial charge on any atom is -0.383 e. The van der Waals surface area contributed by atoms with E-state index in [2.05, 4.69) is 24.5 Å². The lowest BCUT2D eigenvalue weighted by molar-refractivity contribution is 0.114. The zero-order valence-corrected chi connectivity index (χ0v) is 11.5. The van der Waals surface area contributed by atoms with Gasteiger partial charge in [0.25, 0.3) is 0 Å². The maximum absolute atomic E-state index is 5.42. The number of rotatable bonds is 8. The molecule has 0 rings (SSSR count). The first-order valence-electron chi connectivity index (χ1n) is 5.67. The summed E-state index contributed by atoms with van der Waals surface area (Å²) in [7, 11) is 1.68. The molecule has 1 unspecified atom stereocenters. The molecule has 2 N–H and O–H groups in total. The fourth-order valence-corrected chi connectivity index (χ4v) is 1.43. The Kier molecular flexibility index (Phi) is 9.57. The van der Waals surface area contributed by atoms with Crippen LogP contribution in [0.2, 0.25) is 0 Å². The van der Waals surface area contributed by atoms with Crippen molar-refractivity contribution in [1.29, 1.82) is 0 Å². The maximum Gasteiger partial charge on any atom is 0.166 e. The summed E-state index contributed by atoms with van der Waals surface area (Å²) in [6.07, 6.45) is 0. The average Bonchev–Trinajstić information content (AvgIpc) is 2.16. The Bertz CT molecular complexity index is 189. The molecule has 0 spiro atoms. The van der Waals surface area contributed by atoms with Crippen LogP contribution in [0.5, 0.6) is 0 Å². The average molecular weight is 248 g/mol. The van der Waals surface area contributed by atoms with Crippen LogP contribution in [0.15, 0.2) is 0 Å². The van der Waals surface area contributed by atoms with Crippen molar-refractivity contribution >= 4 is 17.3 Å². The number of methoxy groups -OCH3 is 1. The molecule has 0 amide bonds. The van der Waals surface area contributed by atoms with Crippen LogP contribution in [0, 0.1) is 5.92 Å². The first kappa shape index (κ1) is 15.6. The topological polar surface area (TPSA) is 42.5 Å². The van der Waals surface area contributed by atoms with Crippen LogP contribution in [0.4, 0.5) is 0 Å². The highest BCUT2D eigenvalue weighted by Crippen LogP contribution is 1.91. The molecular weight excluding hydrogens is 224 g/mol. The summed E-state index contributed by atoms with van der Waals surface area (Å²) in [4.78, 5) is 0. The van der Waals surface area contributed by atoms with Crippen LogP contribution in [-0.4, -0.2) is 44.6 Å². The van der Waals surface area contributed by atoms with Gasteiger partial charge in [0.1, 0.15) is 0 Å². The van der Waals surface area contributed by atoms with Gasteiger partial charge in [0.2, 0.25) is 0 Å². The summed E-state index contributed by atoms with van der Waals surface area (Å²) < 4.78 is 10.4. The fraction of sp³-hybridized carbons (Fsp3) is 0.909. The summed E-state index contributed by atoms with van der Waals surface area (Å²) in [5.74, 6) is 0.576.